The number of pyridine rings is 1. The largest absolute Gasteiger partial charge is 0.349 e. The van der Waals surface area contributed by atoms with Crippen molar-refractivity contribution in [3.8, 4) is 0 Å². The predicted molar refractivity (Wildman–Crippen MR) is 119 cm³/mol. The van der Waals surface area contributed by atoms with Crippen molar-refractivity contribution in [1.29, 1.82) is 0 Å². The van der Waals surface area contributed by atoms with Crippen molar-refractivity contribution < 1.29 is 13.2 Å². The fourth-order valence-corrected chi connectivity index (χ4v) is 4.96. The second-order valence-electron chi connectivity index (χ2n) is 7.12. The van der Waals surface area contributed by atoms with Gasteiger partial charge in [0.2, 0.25) is 15.9 Å². The molecule has 0 fully saturated rings. The average Bonchev–Trinajstić information content (AvgIpc) is 2.74. The maximum absolute atomic E-state index is 12.6. The van der Waals surface area contributed by atoms with E-state index in [1.165, 1.54) is 4.31 Å². The third-order valence-electron chi connectivity index (χ3n) is 5.17. The van der Waals surface area contributed by atoms with Gasteiger partial charge in [0.15, 0.2) is 0 Å². The molecule has 30 heavy (non-hydrogen) atoms. The number of rotatable bonds is 8. The van der Waals surface area contributed by atoms with Crippen LogP contribution in [-0.4, -0.2) is 36.7 Å². The number of fused-ring (bicyclic) bond motifs is 1. The molecule has 1 unspecified atom stereocenters. The molecule has 3 aromatic rings. The first-order chi connectivity index (χ1) is 14.4. The molecule has 0 radical (unpaired) electrons. The van der Waals surface area contributed by atoms with Gasteiger partial charge >= 0.3 is 0 Å². The van der Waals surface area contributed by atoms with Gasteiger partial charge in [-0.2, -0.15) is 4.31 Å². The van der Waals surface area contributed by atoms with E-state index < -0.39 is 10.0 Å². The highest BCUT2D eigenvalue weighted by Gasteiger charge is 2.21. The molecule has 6 nitrogen and oxygen atoms in total. The number of amides is 1. The van der Waals surface area contributed by atoms with Gasteiger partial charge in [0, 0.05) is 24.7 Å². The van der Waals surface area contributed by atoms with Crippen molar-refractivity contribution in [3.05, 3.63) is 71.9 Å². The number of aromatic nitrogens is 1. The quantitative estimate of drug-likeness (QED) is 0.597. The van der Waals surface area contributed by atoms with Crippen molar-refractivity contribution in [2.24, 2.45) is 0 Å². The Morgan fingerprint density at radius 1 is 1.03 bits per heavy atom. The molecule has 2 aromatic carbocycles. The standard InChI is InChI=1S/C23H27N3O3S/c1-4-26(5-2)30(28,29)21-13-11-18(12-14-21)17(3)25-22(27)16-20-9-6-8-19-10-7-15-24-23(19)20/h6-15,17H,4-5,16H2,1-3H3,(H,25,27). The molecular weight excluding hydrogens is 398 g/mol. The summed E-state index contributed by atoms with van der Waals surface area (Å²) in [4.78, 5) is 17.2. The highest BCUT2D eigenvalue weighted by atomic mass is 32.2. The number of carbonyl (C=O) groups excluding carboxylic acids is 1. The number of para-hydroxylation sites is 1. The highest BCUT2D eigenvalue weighted by Crippen LogP contribution is 2.20. The molecule has 0 aliphatic heterocycles. The van der Waals surface area contributed by atoms with E-state index in [4.69, 9.17) is 0 Å². The molecule has 0 bridgehead atoms. The van der Waals surface area contributed by atoms with Crippen molar-refractivity contribution >= 4 is 26.8 Å². The first kappa shape index (κ1) is 21.9. The second kappa shape index (κ2) is 9.36. The molecule has 0 aliphatic rings. The van der Waals surface area contributed by atoms with Crippen molar-refractivity contribution in [1.82, 2.24) is 14.6 Å². The number of benzene rings is 2. The van der Waals surface area contributed by atoms with Crippen LogP contribution >= 0.6 is 0 Å². The Morgan fingerprint density at radius 3 is 2.37 bits per heavy atom. The van der Waals surface area contributed by atoms with Crippen LogP contribution in [0.1, 0.15) is 37.9 Å². The van der Waals surface area contributed by atoms with E-state index in [-0.39, 0.29) is 23.3 Å². The number of sulfonamides is 1. The summed E-state index contributed by atoms with van der Waals surface area (Å²) in [7, 11) is -3.49. The monoisotopic (exact) mass is 425 g/mol. The number of carbonyl (C=O) groups is 1. The molecule has 1 atom stereocenters. The van der Waals surface area contributed by atoms with E-state index in [0.29, 0.717) is 13.1 Å². The summed E-state index contributed by atoms with van der Waals surface area (Å²) in [6, 6.07) is 16.1. The zero-order chi connectivity index (χ0) is 21.7. The van der Waals surface area contributed by atoms with Crippen molar-refractivity contribution in [2.75, 3.05) is 13.1 Å². The van der Waals surface area contributed by atoms with E-state index in [1.807, 2.05) is 51.1 Å². The van der Waals surface area contributed by atoms with Gasteiger partial charge in [-0.3, -0.25) is 9.78 Å². The number of nitrogens with one attached hydrogen (secondary N) is 1. The minimum absolute atomic E-state index is 0.111. The zero-order valence-electron chi connectivity index (χ0n) is 17.5. The Kier molecular flexibility index (Phi) is 6.84. The normalized spacial score (nSPS) is 12.8. The fraction of sp³-hybridized carbons (Fsp3) is 0.304. The van der Waals surface area contributed by atoms with Crippen LogP contribution < -0.4 is 5.32 Å². The lowest BCUT2D eigenvalue weighted by Crippen LogP contribution is -2.30. The molecular formula is C23H27N3O3S. The van der Waals surface area contributed by atoms with E-state index in [1.54, 1.807) is 30.5 Å². The van der Waals surface area contributed by atoms with Gasteiger partial charge in [0.25, 0.3) is 0 Å². The predicted octanol–water partition coefficient (Wildman–Crippen LogP) is 3.69. The van der Waals surface area contributed by atoms with Crippen molar-refractivity contribution in [2.45, 2.75) is 38.1 Å². The van der Waals surface area contributed by atoms with Crippen molar-refractivity contribution in [3.63, 3.8) is 0 Å². The maximum atomic E-state index is 12.6. The molecule has 0 spiro atoms. The van der Waals surface area contributed by atoms with Gasteiger partial charge in [-0.1, -0.05) is 50.2 Å². The smallest absolute Gasteiger partial charge is 0.243 e. The third-order valence-corrected chi connectivity index (χ3v) is 7.23. The molecule has 0 saturated heterocycles. The van der Waals surface area contributed by atoms with Crippen LogP contribution in [0.25, 0.3) is 10.9 Å². The summed E-state index contributed by atoms with van der Waals surface area (Å²) in [5, 5.41) is 3.99. The zero-order valence-corrected chi connectivity index (χ0v) is 18.3. The van der Waals surface area contributed by atoms with Crippen LogP contribution in [0.3, 0.4) is 0 Å². The number of hydrogen-bond donors (Lipinski definition) is 1. The van der Waals surface area contributed by atoms with Crippen LogP contribution in [0.5, 0.6) is 0 Å². The molecule has 7 heteroatoms. The lowest BCUT2D eigenvalue weighted by atomic mass is 10.1. The molecule has 1 heterocycles. The topological polar surface area (TPSA) is 79.4 Å². The summed E-state index contributed by atoms with van der Waals surface area (Å²) in [6.45, 7) is 6.37. The third kappa shape index (κ3) is 4.68. The van der Waals surface area contributed by atoms with Crippen LogP contribution in [-0.2, 0) is 21.2 Å². The van der Waals surface area contributed by atoms with Gasteiger partial charge in [0.1, 0.15) is 0 Å². The summed E-state index contributed by atoms with van der Waals surface area (Å²) >= 11 is 0. The number of hydrogen-bond acceptors (Lipinski definition) is 4. The molecule has 1 amide bonds. The van der Waals surface area contributed by atoms with Gasteiger partial charge in [-0.05, 0) is 36.2 Å². The Balaban J connectivity index is 1.70. The Bertz CT molecular complexity index is 1120. The first-order valence-electron chi connectivity index (χ1n) is 10.1. The van der Waals surface area contributed by atoms with Gasteiger partial charge in [-0.15, -0.1) is 0 Å². The minimum atomic E-state index is -3.49. The van der Waals surface area contributed by atoms with Crippen LogP contribution in [0, 0.1) is 0 Å². The van der Waals surface area contributed by atoms with Gasteiger partial charge in [0.05, 0.1) is 22.9 Å². The summed E-state index contributed by atoms with van der Waals surface area (Å²) < 4.78 is 26.6. The lowest BCUT2D eigenvalue weighted by Gasteiger charge is -2.19. The fourth-order valence-electron chi connectivity index (χ4n) is 3.50. The van der Waals surface area contributed by atoms with E-state index in [9.17, 15) is 13.2 Å². The van der Waals surface area contributed by atoms with Gasteiger partial charge < -0.3 is 5.32 Å². The Hall–Kier alpha value is -2.77. The SMILES string of the molecule is CCN(CC)S(=O)(=O)c1ccc(C(C)NC(=O)Cc2cccc3cccnc23)cc1. The Labute approximate surface area is 178 Å². The van der Waals surface area contributed by atoms with E-state index >= 15 is 0 Å². The molecule has 158 valence electrons. The average molecular weight is 426 g/mol. The first-order valence-corrected chi connectivity index (χ1v) is 11.5. The minimum Gasteiger partial charge on any atom is -0.349 e. The van der Waals surface area contributed by atoms with E-state index in [2.05, 4.69) is 10.3 Å². The molecule has 1 aromatic heterocycles. The molecule has 0 aliphatic carbocycles. The molecule has 1 N–H and O–H groups in total. The summed E-state index contributed by atoms with van der Waals surface area (Å²) in [5.74, 6) is -0.111. The molecule has 3 rings (SSSR count). The van der Waals surface area contributed by atoms with Crippen LogP contribution in [0.15, 0.2) is 65.7 Å². The second-order valence-corrected chi connectivity index (χ2v) is 9.05. The van der Waals surface area contributed by atoms with Crippen LogP contribution in [0.2, 0.25) is 0 Å². The summed E-state index contributed by atoms with van der Waals surface area (Å²) in [6.07, 6.45) is 1.95. The summed E-state index contributed by atoms with van der Waals surface area (Å²) in [5.41, 5.74) is 2.55. The van der Waals surface area contributed by atoms with Gasteiger partial charge in [-0.25, -0.2) is 8.42 Å². The maximum Gasteiger partial charge on any atom is 0.243 e. The Morgan fingerprint density at radius 2 is 1.70 bits per heavy atom. The van der Waals surface area contributed by atoms with Crippen LogP contribution in [0.4, 0.5) is 0 Å². The van der Waals surface area contributed by atoms with E-state index in [0.717, 1.165) is 22.0 Å². The number of nitrogens with zero attached hydrogens (tertiary/aromatic N) is 2. The highest BCUT2D eigenvalue weighted by molar-refractivity contribution is 7.89. The molecule has 0 saturated carbocycles. The lowest BCUT2D eigenvalue weighted by molar-refractivity contribution is -0.121.